The summed E-state index contributed by atoms with van der Waals surface area (Å²) >= 11 is 5.94. The lowest BCUT2D eigenvalue weighted by Gasteiger charge is -2.07. The van der Waals surface area contributed by atoms with Crippen LogP contribution in [0.25, 0.3) is 0 Å². The Kier molecular flexibility index (Phi) is 4.28. The molecule has 0 aliphatic carbocycles. The van der Waals surface area contributed by atoms with Gasteiger partial charge in [-0.3, -0.25) is 4.79 Å². The van der Waals surface area contributed by atoms with E-state index in [0.29, 0.717) is 28.0 Å². The van der Waals surface area contributed by atoms with E-state index in [4.69, 9.17) is 21.1 Å². The Bertz CT molecular complexity index is 963. The van der Waals surface area contributed by atoms with E-state index in [1.807, 2.05) is 12.1 Å². The van der Waals surface area contributed by atoms with E-state index in [1.165, 1.54) is 0 Å². The maximum atomic E-state index is 12.3. The highest BCUT2D eigenvalue weighted by Crippen LogP contribution is 2.34. The van der Waals surface area contributed by atoms with Crippen molar-refractivity contribution in [3.63, 3.8) is 0 Å². The third kappa shape index (κ3) is 3.52. The second-order valence-electron chi connectivity index (χ2n) is 5.46. The maximum absolute atomic E-state index is 12.3. The van der Waals surface area contributed by atoms with Crippen molar-refractivity contribution in [2.24, 2.45) is 0 Å². The summed E-state index contributed by atoms with van der Waals surface area (Å²) in [6, 6.07) is 15.6. The number of ether oxygens (including phenoxy) is 2. The number of anilines is 3. The van der Waals surface area contributed by atoms with Crippen LogP contribution in [0.4, 0.5) is 17.2 Å². The van der Waals surface area contributed by atoms with Gasteiger partial charge in [0, 0.05) is 22.5 Å². The van der Waals surface area contributed by atoms with Crippen LogP contribution in [0.3, 0.4) is 0 Å². The summed E-state index contributed by atoms with van der Waals surface area (Å²) in [6.45, 7) is 0.180. The SMILES string of the molecule is O=C(Nc1ccc2c(c1)OCO2)c1ccc(Nc2cccc(Cl)c2)nn1. The molecule has 0 radical (unpaired) electrons. The van der Waals surface area contributed by atoms with Crippen molar-refractivity contribution >= 4 is 34.7 Å². The molecule has 1 amide bonds. The average molecular weight is 369 g/mol. The molecule has 4 rings (SSSR count). The summed E-state index contributed by atoms with van der Waals surface area (Å²) in [7, 11) is 0. The van der Waals surface area contributed by atoms with Crippen molar-refractivity contribution < 1.29 is 14.3 Å². The van der Waals surface area contributed by atoms with Crippen LogP contribution < -0.4 is 20.1 Å². The number of carbonyl (C=O) groups excluding carboxylic acids is 1. The number of nitrogens with zero attached hydrogens (tertiary/aromatic N) is 2. The lowest BCUT2D eigenvalue weighted by molar-refractivity contribution is 0.102. The Labute approximate surface area is 153 Å². The van der Waals surface area contributed by atoms with Gasteiger partial charge in [0.05, 0.1) is 0 Å². The Balaban J connectivity index is 1.43. The van der Waals surface area contributed by atoms with Crippen LogP contribution in [0, 0.1) is 0 Å². The molecule has 0 saturated heterocycles. The van der Waals surface area contributed by atoms with Gasteiger partial charge in [0.25, 0.3) is 5.91 Å². The molecule has 2 N–H and O–H groups in total. The predicted molar refractivity (Wildman–Crippen MR) is 97.3 cm³/mol. The lowest BCUT2D eigenvalue weighted by Crippen LogP contribution is -2.14. The van der Waals surface area contributed by atoms with Gasteiger partial charge in [-0.05, 0) is 42.5 Å². The highest BCUT2D eigenvalue weighted by Gasteiger charge is 2.15. The quantitative estimate of drug-likeness (QED) is 0.727. The van der Waals surface area contributed by atoms with E-state index in [1.54, 1.807) is 42.5 Å². The van der Waals surface area contributed by atoms with Gasteiger partial charge in [-0.1, -0.05) is 17.7 Å². The first-order chi connectivity index (χ1) is 12.7. The van der Waals surface area contributed by atoms with E-state index in [0.717, 1.165) is 5.69 Å². The molecule has 8 heteroatoms. The number of halogens is 1. The first-order valence-corrected chi connectivity index (χ1v) is 8.12. The van der Waals surface area contributed by atoms with Crippen LogP contribution >= 0.6 is 11.6 Å². The van der Waals surface area contributed by atoms with Gasteiger partial charge in [-0.15, -0.1) is 10.2 Å². The third-order valence-corrected chi connectivity index (χ3v) is 3.86. The van der Waals surface area contributed by atoms with E-state index in [2.05, 4.69) is 20.8 Å². The summed E-state index contributed by atoms with van der Waals surface area (Å²) < 4.78 is 10.5. The van der Waals surface area contributed by atoms with Crippen LogP contribution in [-0.2, 0) is 0 Å². The molecular weight excluding hydrogens is 356 g/mol. The van der Waals surface area contributed by atoms with E-state index < -0.39 is 0 Å². The summed E-state index contributed by atoms with van der Waals surface area (Å²) in [5.74, 6) is 1.38. The van der Waals surface area contributed by atoms with Crippen molar-refractivity contribution in [2.45, 2.75) is 0 Å². The first kappa shape index (κ1) is 16.2. The minimum Gasteiger partial charge on any atom is -0.454 e. The molecular formula is C18H13ClN4O3. The van der Waals surface area contributed by atoms with Crippen LogP contribution in [0.1, 0.15) is 10.5 Å². The molecule has 0 spiro atoms. The Morgan fingerprint density at radius 2 is 1.85 bits per heavy atom. The average Bonchev–Trinajstić information content (AvgIpc) is 3.10. The van der Waals surface area contributed by atoms with Crippen molar-refractivity contribution in [1.82, 2.24) is 10.2 Å². The zero-order chi connectivity index (χ0) is 17.9. The lowest BCUT2D eigenvalue weighted by atomic mass is 10.2. The second-order valence-corrected chi connectivity index (χ2v) is 5.90. The molecule has 26 heavy (non-hydrogen) atoms. The number of benzene rings is 2. The summed E-state index contributed by atoms with van der Waals surface area (Å²) in [5, 5.41) is 14.4. The summed E-state index contributed by atoms with van der Waals surface area (Å²) in [4.78, 5) is 12.3. The number of rotatable bonds is 4. The first-order valence-electron chi connectivity index (χ1n) is 7.75. The molecule has 2 heterocycles. The van der Waals surface area contributed by atoms with Gasteiger partial charge in [0.2, 0.25) is 6.79 Å². The van der Waals surface area contributed by atoms with Crippen molar-refractivity contribution in [1.29, 1.82) is 0 Å². The minimum absolute atomic E-state index is 0.180. The molecule has 2 aromatic carbocycles. The number of aromatic nitrogens is 2. The number of hydrogen-bond donors (Lipinski definition) is 2. The molecule has 1 aliphatic heterocycles. The maximum Gasteiger partial charge on any atom is 0.276 e. The largest absolute Gasteiger partial charge is 0.454 e. The number of hydrogen-bond acceptors (Lipinski definition) is 6. The fraction of sp³-hybridized carbons (Fsp3) is 0.0556. The van der Waals surface area contributed by atoms with Crippen molar-refractivity contribution in [3.05, 3.63) is 65.3 Å². The highest BCUT2D eigenvalue weighted by atomic mass is 35.5. The van der Waals surface area contributed by atoms with Gasteiger partial charge in [-0.25, -0.2) is 0 Å². The molecule has 1 aliphatic rings. The highest BCUT2D eigenvalue weighted by molar-refractivity contribution is 6.30. The zero-order valence-corrected chi connectivity index (χ0v) is 14.2. The summed E-state index contributed by atoms with van der Waals surface area (Å²) in [5.41, 5.74) is 1.56. The van der Waals surface area contributed by atoms with Crippen LogP contribution in [0.2, 0.25) is 5.02 Å². The molecule has 0 unspecified atom stereocenters. The molecule has 0 saturated carbocycles. The van der Waals surface area contributed by atoms with Gasteiger partial charge < -0.3 is 20.1 Å². The normalized spacial score (nSPS) is 11.9. The van der Waals surface area contributed by atoms with Crippen LogP contribution in [0.5, 0.6) is 11.5 Å². The van der Waals surface area contributed by atoms with E-state index >= 15 is 0 Å². The van der Waals surface area contributed by atoms with Crippen molar-refractivity contribution in [3.8, 4) is 11.5 Å². The standard InChI is InChI=1S/C18H13ClN4O3/c19-11-2-1-3-12(8-11)20-17-7-5-14(22-23-17)18(24)21-13-4-6-15-16(9-13)26-10-25-15/h1-9H,10H2,(H,20,23)(H,21,24). The van der Waals surface area contributed by atoms with E-state index in [-0.39, 0.29) is 18.4 Å². The fourth-order valence-electron chi connectivity index (χ4n) is 2.40. The number of carbonyl (C=O) groups is 1. The molecule has 7 nitrogen and oxygen atoms in total. The zero-order valence-electron chi connectivity index (χ0n) is 13.4. The predicted octanol–water partition coefficient (Wildman–Crippen LogP) is 3.85. The minimum atomic E-state index is -0.370. The number of nitrogens with one attached hydrogen (secondary N) is 2. The van der Waals surface area contributed by atoms with Crippen LogP contribution in [0.15, 0.2) is 54.6 Å². The summed E-state index contributed by atoms with van der Waals surface area (Å²) in [6.07, 6.45) is 0. The van der Waals surface area contributed by atoms with Crippen LogP contribution in [-0.4, -0.2) is 22.9 Å². The fourth-order valence-corrected chi connectivity index (χ4v) is 2.59. The molecule has 1 aromatic heterocycles. The molecule has 0 bridgehead atoms. The molecule has 0 fully saturated rings. The Morgan fingerprint density at radius 1 is 0.962 bits per heavy atom. The smallest absolute Gasteiger partial charge is 0.276 e. The topological polar surface area (TPSA) is 85.4 Å². The van der Waals surface area contributed by atoms with Gasteiger partial charge >= 0.3 is 0 Å². The third-order valence-electron chi connectivity index (χ3n) is 3.62. The molecule has 130 valence electrons. The number of fused-ring (bicyclic) bond motifs is 1. The Morgan fingerprint density at radius 3 is 2.65 bits per heavy atom. The van der Waals surface area contributed by atoms with E-state index in [9.17, 15) is 4.79 Å². The van der Waals surface area contributed by atoms with Gasteiger partial charge in [0.1, 0.15) is 0 Å². The van der Waals surface area contributed by atoms with Gasteiger partial charge in [-0.2, -0.15) is 0 Å². The second kappa shape index (κ2) is 6.89. The molecule has 0 atom stereocenters. The van der Waals surface area contributed by atoms with Crippen molar-refractivity contribution in [2.75, 3.05) is 17.4 Å². The van der Waals surface area contributed by atoms with Gasteiger partial charge in [0.15, 0.2) is 23.0 Å². The Hall–Kier alpha value is -3.32. The number of amides is 1. The molecule has 3 aromatic rings. The monoisotopic (exact) mass is 368 g/mol.